The SMILES string of the molecule is CP(C)(=O)CC#N. The number of hydrogen-bond acceptors (Lipinski definition) is 2. The minimum absolute atomic E-state index is 0.201. The van der Waals surface area contributed by atoms with Crippen molar-refractivity contribution < 1.29 is 4.57 Å². The molecule has 0 unspecified atom stereocenters. The fourth-order valence-electron chi connectivity index (χ4n) is 0.170. The summed E-state index contributed by atoms with van der Waals surface area (Å²) < 4.78 is 10.6. The maximum Gasteiger partial charge on any atom is 0.0953 e. The molecule has 0 aromatic rings. The van der Waals surface area contributed by atoms with Gasteiger partial charge in [-0.05, 0) is 13.3 Å². The zero-order valence-electron chi connectivity index (χ0n) is 4.51. The van der Waals surface area contributed by atoms with Crippen LogP contribution in [0.15, 0.2) is 0 Å². The van der Waals surface area contributed by atoms with Crippen LogP contribution in [-0.4, -0.2) is 19.5 Å². The Hall–Kier alpha value is -0.280. The van der Waals surface area contributed by atoms with Crippen LogP contribution < -0.4 is 0 Å². The molecule has 0 fully saturated rings. The van der Waals surface area contributed by atoms with Crippen molar-refractivity contribution >= 4 is 7.14 Å². The van der Waals surface area contributed by atoms with Gasteiger partial charge in [0.1, 0.15) is 0 Å². The van der Waals surface area contributed by atoms with Crippen LogP contribution in [0.5, 0.6) is 0 Å². The van der Waals surface area contributed by atoms with Gasteiger partial charge in [0.15, 0.2) is 0 Å². The van der Waals surface area contributed by atoms with Gasteiger partial charge in [-0.3, -0.25) is 0 Å². The molecule has 40 valence electrons. The molecule has 0 aromatic carbocycles. The smallest absolute Gasteiger partial charge is 0.0953 e. The Morgan fingerprint density at radius 2 is 2.14 bits per heavy atom. The van der Waals surface area contributed by atoms with Crippen molar-refractivity contribution in [2.45, 2.75) is 0 Å². The van der Waals surface area contributed by atoms with Crippen molar-refractivity contribution in [1.29, 1.82) is 5.26 Å². The van der Waals surface area contributed by atoms with E-state index in [4.69, 9.17) is 5.26 Å². The number of hydrogen-bond donors (Lipinski definition) is 0. The summed E-state index contributed by atoms with van der Waals surface area (Å²) in [6, 6.07) is 1.84. The molecule has 0 aliphatic rings. The van der Waals surface area contributed by atoms with Crippen LogP contribution in [0.4, 0.5) is 0 Å². The molecule has 0 amide bonds. The summed E-state index contributed by atoms with van der Waals surface area (Å²) in [5.41, 5.74) is 0. The molecule has 7 heavy (non-hydrogen) atoms. The quantitative estimate of drug-likeness (QED) is 0.483. The van der Waals surface area contributed by atoms with E-state index in [0.29, 0.717) is 0 Å². The molecule has 0 atom stereocenters. The van der Waals surface area contributed by atoms with E-state index < -0.39 is 7.14 Å². The fraction of sp³-hybridized carbons (Fsp3) is 0.750. The lowest BCUT2D eigenvalue weighted by molar-refractivity contribution is 0.584. The Balaban J connectivity index is 3.65. The molecule has 0 aromatic heterocycles. The van der Waals surface area contributed by atoms with E-state index in [1.54, 1.807) is 13.3 Å². The molecule has 0 spiro atoms. The van der Waals surface area contributed by atoms with Crippen LogP contribution in [0.1, 0.15) is 0 Å². The molecule has 2 nitrogen and oxygen atoms in total. The van der Waals surface area contributed by atoms with Gasteiger partial charge in [-0.2, -0.15) is 5.26 Å². The van der Waals surface area contributed by atoms with E-state index in [1.807, 2.05) is 6.07 Å². The Kier molecular flexibility index (Phi) is 2.05. The van der Waals surface area contributed by atoms with E-state index in [9.17, 15) is 4.57 Å². The lowest BCUT2D eigenvalue weighted by Gasteiger charge is -1.93. The van der Waals surface area contributed by atoms with Crippen LogP contribution >= 0.6 is 7.14 Å². The minimum Gasteiger partial charge on any atom is -0.323 e. The summed E-state index contributed by atoms with van der Waals surface area (Å²) in [5, 5.41) is 7.98. The van der Waals surface area contributed by atoms with E-state index in [1.165, 1.54) is 0 Å². The first-order chi connectivity index (χ1) is 3.06. The average Bonchev–Trinajstić information content (AvgIpc) is 1.30. The summed E-state index contributed by atoms with van der Waals surface area (Å²) >= 11 is 0. The van der Waals surface area contributed by atoms with Gasteiger partial charge in [-0.1, -0.05) is 0 Å². The second-order valence-corrected chi connectivity index (χ2v) is 5.35. The van der Waals surface area contributed by atoms with Gasteiger partial charge in [-0.25, -0.2) is 0 Å². The van der Waals surface area contributed by atoms with Gasteiger partial charge in [0.05, 0.1) is 19.4 Å². The topological polar surface area (TPSA) is 40.9 Å². The Bertz CT molecular complexity index is 129. The summed E-state index contributed by atoms with van der Waals surface area (Å²) in [7, 11) is -2.03. The lowest BCUT2D eigenvalue weighted by Crippen LogP contribution is -1.77. The highest BCUT2D eigenvalue weighted by Gasteiger charge is 2.02. The largest absolute Gasteiger partial charge is 0.323 e. The molecule has 0 heterocycles. The molecule has 0 N–H and O–H groups in total. The van der Waals surface area contributed by atoms with Gasteiger partial charge in [0.2, 0.25) is 0 Å². The zero-order chi connectivity index (χ0) is 5.91. The average molecular weight is 117 g/mol. The predicted molar refractivity (Wildman–Crippen MR) is 29.9 cm³/mol. The summed E-state index contributed by atoms with van der Waals surface area (Å²) in [5.74, 6) is 0. The van der Waals surface area contributed by atoms with Crippen molar-refractivity contribution in [1.82, 2.24) is 0 Å². The first kappa shape index (κ1) is 6.72. The van der Waals surface area contributed by atoms with E-state index in [2.05, 4.69) is 0 Å². The number of nitrogens with zero attached hydrogens (tertiary/aromatic N) is 1. The van der Waals surface area contributed by atoms with Crippen molar-refractivity contribution in [2.75, 3.05) is 19.5 Å². The zero-order valence-corrected chi connectivity index (χ0v) is 5.40. The lowest BCUT2D eigenvalue weighted by atomic mass is 10.9. The Labute approximate surface area is 43.5 Å². The maximum absolute atomic E-state index is 10.6. The van der Waals surface area contributed by atoms with Crippen LogP contribution in [0.2, 0.25) is 0 Å². The number of nitriles is 1. The van der Waals surface area contributed by atoms with Gasteiger partial charge in [0.25, 0.3) is 0 Å². The van der Waals surface area contributed by atoms with Crippen LogP contribution in [-0.2, 0) is 4.57 Å². The van der Waals surface area contributed by atoms with Gasteiger partial charge < -0.3 is 4.57 Å². The number of rotatable bonds is 1. The van der Waals surface area contributed by atoms with Crippen molar-refractivity contribution in [3.8, 4) is 6.07 Å². The van der Waals surface area contributed by atoms with E-state index in [0.717, 1.165) is 0 Å². The second-order valence-electron chi connectivity index (χ2n) is 1.89. The first-order valence-corrected chi connectivity index (χ1v) is 4.76. The Morgan fingerprint density at radius 1 is 1.71 bits per heavy atom. The molecule has 0 rings (SSSR count). The van der Waals surface area contributed by atoms with E-state index in [-0.39, 0.29) is 6.16 Å². The molecular weight excluding hydrogens is 109 g/mol. The fourth-order valence-corrected chi connectivity index (χ4v) is 0.511. The van der Waals surface area contributed by atoms with Gasteiger partial charge in [0, 0.05) is 0 Å². The van der Waals surface area contributed by atoms with E-state index >= 15 is 0 Å². The third kappa shape index (κ3) is 5.72. The van der Waals surface area contributed by atoms with Crippen molar-refractivity contribution in [3.63, 3.8) is 0 Å². The minimum atomic E-state index is -2.03. The Morgan fingerprint density at radius 3 is 2.14 bits per heavy atom. The normalized spacial score (nSPS) is 10.4. The molecular formula is C4H8NOP. The van der Waals surface area contributed by atoms with Crippen molar-refractivity contribution in [3.05, 3.63) is 0 Å². The molecule has 0 saturated carbocycles. The summed E-state index contributed by atoms with van der Waals surface area (Å²) in [6.07, 6.45) is 0.201. The first-order valence-electron chi connectivity index (χ1n) is 1.97. The van der Waals surface area contributed by atoms with Crippen LogP contribution in [0, 0.1) is 11.3 Å². The maximum atomic E-state index is 10.6. The second kappa shape index (κ2) is 2.14. The molecule has 3 heteroatoms. The molecule has 0 saturated heterocycles. The van der Waals surface area contributed by atoms with Gasteiger partial charge in [-0.15, -0.1) is 0 Å². The third-order valence-corrected chi connectivity index (χ3v) is 1.35. The highest BCUT2D eigenvalue weighted by Crippen LogP contribution is 2.34. The molecule has 0 radical (unpaired) electrons. The third-order valence-electron chi connectivity index (χ3n) is 0.451. The standard InChI is InChI=1S/C4H8NOP/c1-7(2,6)4-3-5/h4H2,1-2H3. The predicted octanol–water partition coefficient (Wildman–Crippen LogP) is 1.13. The summed E-state index contributed by atoms with van der Waals surface area (Å²) in [4.78, 5) is 0. The van der Waals surface area contributed by atoms with Gasteiger partial charge >= 0.3 is 0 Å². The monoisotopic (exact) mass is 117 g/mol. The molecule has 0 aliphatic heterocycles. The van der Waals surface area contributed by atoms with Crippen molar-refractivity contribution in [2.24, 2.45) is 0 Å². The molecule has 0 aliphatic carbocycles. The highest BCUT2D eigenvalue weighted by molar-refractivity contribution is 7.62. The highest BCUT2D eigenvalue weighted by atomic mass is 31.2. The summed E-state index contributed by atoms with van der Waals surface area (Å²) in [6.45, 7) is 3.21. The molecule has 0 bridgehead atoms. The van der Waals surface area contributed by atoms with Crippen LogP contribution in [0.25, 0.3) is 0 Å². The van der Waals surface area contributed by atoms with Crippen LogP contribution in [0.3, 0.4) is 0 Å².